The van der Waals surface area contributed by atoms with Crippen molar-refractivity contribution in [3.8, 4) is 0 Å². The van der Waals surface area contributed by atoms with Crippen LogP contribution in [0.3, 0.4) is 0 Å². The van der Waals surface area contributed by atoms with Gasteiger partial charge in [-0.05, 0) is 34.0 Å². The molecule has 0 aromatic carbocycles. The zero-order chi connectivity index (χ0) is 15.0. The molecule has 0 aromatic heterocycles. The molecule has 0 aliphatic rings. The SMILES string of the molecule is CC(C)(C)CC(C)(C)P(Cl)C(C)(C)CC(C)(C)C. The van der Waals surface area contributed by atoms with Crippen molar-refractivity contribution in [1.29, 1.82) is 0 Å². The van der Waals surface area contributed by atoms with E-state index in [1.54, 1.807) is 0 Å². The van der Waals surface area contributed by atoms with E-state index in [-0.39, 0.29) is 10.3 Å². The van der Waals surface area contributed by atoms with Crippen LogP contribution in [0.15, 0.2) is 0 Å². The first kappa shape index (κ1) is 18.7. The highest BCUT2D eigenvalue weighted by atomic mass is 35.7. The van der Waals surface area contributed by atoms with E-state index in [2.05, 4.69) is 69.2 Å². The Morgan fingerprint density at radius 3 is 1.00 bits per heavy atom. The van der Waals surface area contributed by atoms with E-state index in [1.165, 1.54) is 12.8 Å². The van der Waals surface area contributed by atoms with Gasteiger partial charge in [0, 0.05) is 7.27 Å². The van der Waals surface area contributed by atoms with Gasteiger partial charge in [0.1, 0.15) is 0 Å². The van der Waals surface area contributed by atoms with Gasteiger partial charge in [-0.25, -0.2) is 0 Å². The number of hydrogen-bond acceptors (Lipinski definition) is 0. The molecule has 110 valence electrons. The van der Waals surface area contributed by atoms with Crippen LogP contribution in [0.5, 0.6) is 0 Å². The molecule has 0 N–H and O–H groups in total. The fourth-order valence-corrected chi connectivity index (χ4v) is 6.78. The van der Waals surface area contributed by atoms with Crippen molar-refractivity contribution < 1.29 is 0 Å². The third kappa shape index (κ3) is 6.76. The Bertz CT molecular complexity index is 238. The Labute approximate surface area is 122 Å². The molecule has 0 saturated heterocycles. The summed E-state index contributed by atoms with van der Waals surface area (Å²) in [4.78, 5) is 0. The van der Waals surface area contributed by atoms with Crippen molar-refractivity contribution >= 4 is 18.5 Å². The molecule has 0 bridgehead atoms. The largest absolute Gasteiger partial charge is 0.0953 e. The molecule has 0 atom stereocenters. The van der Waals surface area contributed by atoms with Gasteiger partial charge in [-0.15, -0.1) is 0 Å². The van der Waals surface area contributed by atoms with Gasteiger partial charge in [0.2, 0.25) is 0 Å². The van der Waals surface area contributed by atoms with Crippen molar-refractivity contribution in [3.63, 3.8) is 0 Å². The summed E-state index contributed by atoms with van der Waals surface area (Å²) in [6.45, 7) is 23.3. The average molecular weight is 293 g/mol. The molecular formula is C16H34ClP. The van der Waals surface area contributed by atoms with Crippen LogP contribution in [-0.4, -0.2) is 10.3 Å². The summed E-state index contributed by atoms with van der Waals surface area (Å²) in [5.74, 6) is 0. The topological polar surface area (TPSA) is 0 Å². The standard InChI is InChI=1S/C16H34ClP/c1-13(2,3)11-15(7,8)18(17)16(9,10)12-14(4,5)6/h11-12H2,1-10H3. The zero-order valence-electron chi connectivity index (χ0n) is 14.2. The summed E-state index contributed by atoms with van der Waals surface area (Å²) in [5.41, 5.74) is 0.688. The maximum atomic E-state index is 6.94. The molecule has 0 rings (SSSR count). The molecule has 0 nitrogen and oxygen atoms in total. The highest BCUT2D eigenvalue weighted by molar-refractivity contribution is 7.86. The van der Waals surface area contributed by atoms with Crippen LogP contribution < -0.4 is 0 Å². The monoisotopic (exact) mass is 292 g/mol. The van der Waals surface area contributed by atoms with E-state index in [0.29, 0.717) is 10.8 Å². The van der Waals surface area contributed by atoms with E-state index in [9.17, 15) is 0 Å². The Kier molecular flexibility index (Phi) is 5.83. The lowest BCUT2D eigenvalue weighted by molar-refractivity contribution is 0.319. The second-order valence-electron chi connectivity index (χ2n) is 9.38. The lowest BCUT2D eigenvalue weighted by Crippen LogP contribution is -2.33. The summed E-state index contributed by atoms with van der Waals surface area (Å²) in [7, 11) is -0.524. The Hall–Kier alpha value is 0.720. The van der Waals surface area contributed by atoms with Crippen LogP contribution >= 0.6 is 18.5 Å². The molecule has 0 heterocycles. The highest BCUT2D eigenvalue weighted by Gasteiger charge is 2.42. The maximum Gasteiger partial charge on any atom is 0.00186 e. The third-order valence-corrected chi connectivity index (χ3v) is 8.18. The van der Waals surface area contributed by atoms with Crippen LogP contribution in [-0.2, 0) is 0 Å². The summed E-state index contributed by atoms with van der Waals surface area (Å²) < 4.78 is 0. The predicted octanol–water partition coefficient (Wildman–Crippen LogP) is 7.05. The van der Waals surface area contributed by atoms with Crippen LogP contribution in [0.1, 0.15) is 82.1 Å². The molecule has 2 heteroatoms. The van der Waals surface area contributed by atoms with E-state index < -0.39 is 7.27 Å². The van der Waals surface area contributed by atoms with Crippen molar-refractivity contribution in [3.05, 3.63) is 0 Å². The maximum absolute atomic E-state index is 6.94. The molecule has 0 unspecified atom stereocenters. The molecule has 0 radical (unpaired) electrons. The Balaban J connectivity index is 4.96. The Morgan fingerprint density at radius 1 is 0.611 bits per heavy atom. The quantitative estimate of drug-likeness (QED) is 0.487. The molecule has 0 aromatic rings. The van der Waals surface area contributed by atoms with Crippen molar-refractivity contribution in [1.82, 2.24) is 0 Å². The minimum atomic E-state index is -0.524. The zero-order valence-corrected chi connectivity index (χ0v) is 15.9. The molecule has 0 spiro atoms. The molecule has 0 amide bonds. The fraction of sp³-hybridized carbons (Fsp3) is 1.00. The third-order valence-electron chi connectivity index (χ3n) is 2.99. The fourth-order valence-electron chi connectivity index (χ4n) is 3.55. The lowest BCUT2D eigenvalue weighted by atomic mass is 9.85. The summed E-state index contributed by atoms with van der Waals surface area (Å²) in [6, 6.07) is 0. The van der Waals surface area contributed by atoms with Gasteiger partial charge in [0.05, 0.1) is 0 Å². The van der Waals surface area contributed by atoms with Gasteiger partial charge in [0.15, 0.2) is 0 Å². The molecule has 0 aliphatic carbocycles. The number of hydrogen-bond donors (Lipinski definition) is 0. The summed E-state index contributed by atoms with van der Waals surface area (Å²) in [6.07, 6.45) is 2.37. The van der Waals surface area contributed by atoms with E-state index in [1.807, 2.05) is 0 Å². The Morgan fingerprint density at radius 2 is 0.833 bits per heavy atom. The summed E-state index contributed by atoms with van der Waals surface area (Å²) >= 11 is 6.94. The summed E-state index contributed by atoms with van der Waals surface area (Å²) in [5, 5.41) is 0.452. The smallest absolute Gasteiger partial charge is 0.00186 e. The van der Waals surface area contributed by atoms with Crippen LogP contribution in [0.4, 0.5) is 0 Å². The second-order valence-corrected chi connectivity index (χ2v) is 13.4. The predicted molar refractivity (Wildman–Crippen MR) is 89.1 cm³/mol. The van der Waals surface area contributed by atoms with Gasteiger partial charge >= 0.3 is 0 Å². The highest BCUT2D eigenvalue weighted by Crippen LogP contribution is 2.68. The van der Waals surface area contributed by atoms with Gasteiger partial charge in [-0.2, -0.15) is 0 Å². The van der Waals surface area contributed by atoms with E-state index >= 15 is 0 Å². The van der Waals surface area contributed by atoms with Gasteiger partial charge in [-0.1, -0.05) is 80.5 Å². The van der Waals surface area contributed by atoms with Crippen LogP contribution in [0, 0.1) is 10.8 Å². The molecule has 18 heavy (non-hydrogen) atoms. The van der Waals surface area contributed by atoms with Crippen molar-refractivity contribution in [2.45, 2.75) is 92.4 Å². The molecule has 0 saturated carbocycles. The molecule has 0 fully saturated rings. The average Bonchev–Trinajstić information content (AvgIpc) is 1.92. The van der Waals surface area contributed by atoms with Crippen LogP contribution in [0.2, 0.25) is 0 Å². The first-order chi connectivity index (χ1) is 7.57. The minimum absolute atomic E-state index is 0.226. The normalized spacial score (nSPS) is 15.3. The minimum Gasteiger partial charge on any atom is -0.0953 e. The first-order valence-electron chi connectivity index (χ1n) is 7.03. The van der Waals surface area contributed by atoms with Gasteiger partial charge < -0.3 is 0 Å². The van der Waals surface area contributed by atoms with Gasteiger partial charge in [0.25, 0.3) is 0 Å². The van der Waals surface area contributed by atoms with Gasteiger partial charge in [-0.3, -0.25) is 0 Å². The van der Waals surface area contributed by atoms with Crippen molar-refractivity contribution in [2.75, 3.05) is 0 Å². The van der Waals surface area contributed by atoms with E-state index in [0.717, 1.165) is 0 Å². The second kappa shape index (κ2) is 5.61. The lowest BCUT2D eigenvalue weighted by Gasteiger charge is -2.45. The van der Waals surface area contributed by atoms with Crippen LogP contribution in [0.25, 0.3) is 0 Å². The number of halogens is 1. The van der Waals surface area contributed by atoms with E-state index in [4.69, 9.17) is 11.2 Å². The molecule has 0 aliphatic heterocycles. The molecular weight excluding hydrogens is 259 g/mol. The van der Waals surface area contributed by atoms with Crippen molar-refractivity contribution in [2.24, 2.45) is 10.8 Å². The number of rotatable bonds is 4. The first-order valence-corrected chi connectivity index (χ1v) is 9.28.